The second-order valence-corrected chi connectivity index (χ2v) is 5.71. The van der Waals surface area contributed by atoms with E-state index in [1.807, 2.05) is 25.1 Å². The van der Waals surface area contributed by atoms with Gasteiger partial charge in [0.15, 0.2) is 0 Å². The predicted molar refractivity (Wildman–Crippen MR) is 71.3 cm³/mol. The van der Waals surface area contributed by atoms with E-state index in [1.165, 1.54) is 0 Å². The number of hydrogen-bond acceptors (Lipinski definition) is 1. The van der Waals surface area contributed by atoms with Gasteiger partial charge in [-0.3, -0.25) is 4.79 Å². The lowest BCUT2D eigenvalue weighted by Gasteiger charge is -2.35. The lowest BCUT2D eigenvalue weighted by Crippen LogP contribution is -2.38. The zero-order valence-corrected chi connectivity index (χ0v) is 11.6. The highest BCUT2D eigenvalue weighted by atomic mass is 79.9. The Labute approximate surface area is 110 Å². The third-order valence-corrected chi connectivity index (χ3v) is 4.76. The van der Waals surface area contributed by atoms with Crippen LogP contribution in [0.25, 0.3) is 0 Å². The van der Waals surface area contributed by atoms with Gasteiger partial charge < -0.3 is 5.11 Å². The van der Waals surface area contributed by atoms with E-state index in [9.17, 15) is 9.90 Å². The van der Waals surface area contributed by atoms with E-state index in [0.717, 1.165) is 47.7 Å². The summed E-state index contributed by atoms with van der Waals surface area (Å²) in [6.07, 6.45) is 4.71. The molecule has 0 radical (unpaired) electrons. The van der Waals surface area contributed by atoms with Crippen LogP contribution in [-0.4, -0.2) is 11.1 Å². The van der Waals surface area contributed by atoms with Crippen molar-refractivity contribution in [2.24, 2.45) is 0 Å². The fourth-order valence-corrected chi connectivity index (χ4v) is 3.25. The number of halogens is 1. The van der Waals surface area contributed by atoms with Crippen molar-refractivity contribution in [3.05, 3.63) is 33.8 Å². The molecule has 0 heterocycles. The molecule has 0 saturated heterocycles. The molecule has 1 saturated carbocycles. The van der Waals surface area contributed by atoms with Gasteiger partial charge in [0.2, 0.25) is 0 Å². The highest BCUT2D eigenvalue weighted by Crippen LogP contribution is 2.42. The Morgan fingerprint density at radius 2 is 1.94 bits per heavy atom. The van der Waals surface area contributed by atoms with Crippen molar-refractivity contribution in [3.8, 4) is 0 Å². The van der Waals surface area contributed by atoms with E-state index >= 15 is 0 Å². The number of carboxylic acid groups (broad SMARTS) is 1. The fraction of sp³-hybridized carbons (Fsp3) is 0.500. The minimum atomic E-state index is -0.668. The molecule has 0 unspecified atom stereocenters. The number of carboxylic acids is 1. The van der Waals surface area contributed by atoms with Crippen LogP contribution in [0.5, 0.6) is 0 Å². The summed E-state index contributed by atoms with van der Waals surface area (Å²) in [5, 5.41) is 9.64. The lowest BCUT2D eigenvalue weighted by atomic mass is 9.68. The maximum Gasteiger partial charge on any atom is 0.314 e. The summed E-state index contributed by atoms with van der Waals surface area (Å²) >= 11 is 3.49. The summed E-state index contributed by atoms with van der Waals surface area (Å²) in [5.74, 6) is -0.668. The molecule has 0 aliphatic heterocycles. The Balaban J connectivity index is 2.53. The minimum Gasteiger partial charge on any atom is -0.481 e. The first-order valence-corrected chi connectivity index (χ1v) is 6.86. The van der Waals surface area contributed by atoms with Crippen LogP contribution >= 0.6 is 15.9 Å². The van der Waals surface area contributed by atoms with Crippen LogP contribution in [0.2, 0.25) is 0 Å². The molecule has 2 rings (SSSR count). The van der Waals surface area contributed by atoms with Gasteiger partial charge in [-0.05, 0) is 37.0 Å². The van der Waals surface area contributed by atoms with Gasteiger partial charge in [0.25, 0.3) is 0 Å². The summed E-state index contributed by atoms with van der Waals surface area (Å²) in [7, 11) is 0. The van der Waals surface area contributed by atoms with Gasteiger partial charge in [0, 0.05) is 4.47 Å². The first kappa shape index (κ1) is 12.6. The number of aliphatic carboxylic acids is 1. The zero-order valence-electron chi connectivity index (χ0n) is 10.0. The van der Waals surface area contributed by atoms with E-state index in [0.29, 0.717) is 0 Å². The quantitative estimate of drug-likeness (QED) is 0.894. The largest absolute Gasteiger partial charge is 0.481 e. The molecule has 1 aliphatic rings. The van der Waals surface area contributed by atoms with Crippen molar-refractivity contribution in [1.82, 2.24) is 0 Å². The van der Waals surface area contributed by atoms with Gasteiger partial charge in [-0.15, -0.1) is 0 Å². The zero-order chi connectivity index (χ0) is 12.5. The monoisotopic (exact) mass is 296 g/mol. The highest BCUT2D eigenvalue weighted by molar-refractivity contribution is 9.10. The van der Waals surface area contributed by atoms with Gasteiger partial charge in [-0.1, -0.05) is 47.3 Å². The van der Waals surface area contributed by atoms with Crippen molar-refractivity contribution in [2.45, 2.75) is 44.4 Å². The summed E-state index contributed by atoms with van der Waals surface area (Å²) in [6.45, 7) is 2.00. The van der Waals surface area contributed by atoms with Crippen LogP contribution in [0.4, 0.5) is 0 Å². The smallest absolute Gasteiger partial charge is 0.314 e. The third-order valence-electron chi connectivity index (χ3n) is 3.90. The summed E-state index contributed by atoms with van der Waals surface area (Å²) in [4.78, 5) is 11.7. The molecule has 3 heteroatoms. The van der Waals surface area contributed by atoms with Crippen molar-refractivity contribution < 1.29 is 9.90 Å². The Kier molecular flexibility index (Phi) is 3.57. The Bertz CT molecular complexity index is 434. The van der Waals surface area contributed by atoms with Gasteiger partial charge in [-0.25, -0.2) is 0 Å². The molecule has 0 aromatic heterocycles. The highest BCUT2D eigenvalue weighted by Gasteiger charge is 2.42. The van der Waals surface area contributed by atoms with Crippen LogP contribution < -0.4 is 0 Å². The maximum absolute atomic E-state index is 11.7. The molecule has 0 spiro atoms. The average Bonchev–Trinajstić information content (AvgIpc) is 2.33. The Hall–Kier alpha value is -0.830. The summed E-state index contributed by atoms with van der Waals surface area (Å²) in [5.41, 5.74) is 1.39. The van der Waals surface area contributed by atoms with E-state index in [-0.39, 0.29) is 0 Å². The molecule has 1 aromatic rings. The van der Waals surface area contributed by atoms with Crippen molar-refractivity contribution >= 4 is 21.9 Å². The molecule has 0 amide bonds. The SMILES string of the molecule is Cc1c(Br)cccc1C1(C(=O)O)CCCCC1. The molecule has 1 fully saturated rings. The van der Waals surface area contributed by atoms with Gasteiger partial charge in [0.1, 0.15) is 0 Å². The molecule has 1 aromatic carbocycles. The van der Waals surface area contributed by atoms with Crippen LogP contribution in [-0.2, 0) is 10.2 Å². The van der Waals surface area contributed by atoms with E-state index < -0.39 is 11.4 Å². The Morgan fingerprint density at radius 1 is 1.29 bits per heavy atom. The number of benzene rings is 1. The van der Waals surface area contributed by atoms with Gasteiger partial charge >= 0.3 is 5.97 Å². The van der Waals surface area contributed by atoms with Crippen LogP contribution in [0.15, 0.2) is 22.7 Å². The first-order valence-electron chi connectivity index (χ1n) is 6.07. The van der Waals surface area contributed by atoms with Crippen molar-refractivity contribution in [2.75, 3.05) is 0 Å². The Morgan fingerprint density at radius 3 is 2.53 bits per heavy atom. The summed E-state index contributed by atoms with van der Waals surface area (Å²) in [6, 6.07) is 5.88. The number of hydrogen-bond donors (Lipinski definition) is 1. The maximum atomic E-state index is 11.7. The predicted octanol–water partition coefficient (Wildman–Crippen LogP) is 4.04. The number of rotatable bonds is 2. The van der Waals surface area contributed by atoms with Gasteiger partial charge in [-0.2, -0.15) is 0 Å². The minimum absolute atomic E-state index is 0.661. The van der Waals surface area contributed by atoms with E-state index in [1.54, 1.807) is 0 Å². The molecule has 0 atom stereocenters. The second-order valence-electron chi connectivity index (χ2n) is 4.86. The molecular formula is C14H17BrO2. The molecule has 1 N–H and O–H groups in total. The second kappa shape index (κ2) is 4.81. The number of carbonyl (C=O) groups is 1. The molecule has 17 heavy (non-hydrogen) atoms. The molecule has 2 nitrogen and oxygen atoms in total. The average molecular weight is 297 g/mol. The van der Waals surface area contributed by atoms with Crippen molar-refractivity contribution in [3.63, 3.8) is 0 Å². The fourth-order valence-electron chi connectivity index (χ4n) is 2.88. The lowest BCUT2D eigenvalue weighted by molar-refractivity contribution is -0.145. The molecule has 0 bridgehead atoms. The standard InChI is InChI=1S/C14H17BrO2/c1-10-11(6-5-7-12(10)15)14(13(16)17)8-3-2-4-9-14/h5-7H,2-4,8-9H2,1H3,(H,16,17). The van der Waals surface area contributed by atoms with Crippen molar-refractivity contribution in [1.29, 1.82) is 0 Å². The van der Waals surface area contributed by atoms with Gasteiger partial charge in [0.05, 0.1) is 5.41 Å². The third kappa shape index (κ3) is 2.13. The summed E-state index contributed by atoms with van der Waals surface area (Å²) < 4.78 is 1.00. The van der Waals surface area contributed by atoms with Crippen LogP contribution in [0.3, 0.4) is 0 Å². The first-order chi connectivity index (χ1) is 8.08. The van der Waals surface area contributed by atoms with Crippen LogP contribution in [0, 0.1) is 6.92 Å². The molecule has 1 aliphatic carbocycles. The molecular weight excluding hydrogens is 280 g/mol. The van der Waals surface area contributed by atoms with Crippen LogP contribution in [0.1, 0.15) is 43.2 Å². The van der Waals surface area contributed by atoms with E-state index in [2.05, 4.69) is 15.9 Å². The normalized spacial score (nSPS) is 18.9. The molecule has 92 valence electrons. The van der Waals surface area contributed by atoms with E-state index in [4.69, 9.17) is 0 Å². The topological polar surface area (TPSA) is 37.3 Å².